The number of nitrogens with two attached hydrogens (primary N) is 1. The Morgan fingerprint density at radius 2 is 1.89 bits per heavy atom. The van der Waals surface area contributed by atoms with Crippen LogP contribution in [-0.2, 0) is 6.42 Å². The van der Waals surface area contributed by atoms with Crippen molar-refractivity contribution in [2.75, 3.05) is 5.73 Å². The molecule has 0 radical (unpaired) electrons. The molecule has 0 spiro atoms. The van der Waals surface area contributed by atoms with Gasteiger partial charge in [0.25, 0.3) is 5.91 Å². The van der Waals surface area contributed by atoms with Crippen LogP contribution >= 0.6 is 0 Å². The fourth-order valence-corrected chi connectivity index (χ4v) is 4.66. The summed E-state index contributed by atoms with van der Waals surface area (Å²) in [5.41, 5.74) is 10.9. The molecular weight excluding hydrogens is 464 g/mol. The van der Waals surface area contributed by atoms with E-state index in [4.69, 9.17) is 10.7 Å². The lowest BCUT2D eigenvalue weighted by Crippen LogP contribution is -2.27. The number of nitrogens with zero attached hydrogens (tertiary/aromatic N) is 6. The highest BCUT2D eigenvalue weighted by molar-refractivity contribution is 5.95. The van der Waals surface area contributed by atoms with Crippen LogP contribution in [0.25, 0.3) is 28.6 Å². The maximum absolute atomic E-state index is 13.1. The van der Waals surface area contributed by atoms with E-state index in [9.17, 15) is 4.79 Å². The Kier molecular flexibility index (Phi) is 5.65. The Balaban J connectivity index is 1.28. The molecule has 0 fully saturated rings. The summed E-state index contributed by atoms with van der Waals surface area (Å²) in [4.78, 5) is 31.0. The van der Waals surface area contributed by atoms with Crippen LogP contribution in [-0.4, -0.2) is 35.6 Å². The molecule has 1 amide bonds. The molecular formula is C28H24N8O. The van der Waals surface area contributed by atoms with Crippen molar-refractivity contribution in [1.82, 2.24) is 35.0 Å². The predicted octanol–water partition coefficient (Wildman–Crippen LogP) is 4.09. The van der Waals surface area contributed by atoms with Gasteiger partial charge in [-0.15, -0.1) is 5.10 Å². The Morgan fingerprint density at radius 1 is 1.03 bits per heavy atom. The highest BCUT2D eigenvalue weighted by atomic mass is 16.1. The lowest BCUT2D eigenvalue weighted by Gasteiger charge is -2.14. The zero-order valence-electron chi connectivity index (χ0n) is 20.2. The number of fused-ring (bicyclic) bond motifs is 1. The Morgan fingerprint density at radius 3 is 2.76 bits per heavy atom. The standard InChI is InChI=1S/C28H24N8O/c1-17-32-27(35-36(17)24-11-4-5-14-30-24)25-26(29)31-16-23(33-25)19-8-6-9-20(15-19)28(37)34-22-13-12-18-7-2-3-10-21(18)22/h2-11,14-16,22H,12-13H2,1H3,(H2,29,31)(H,34,37)/t22-/m0/s1. The summed E-state index contributed by atoms with van der Waals surface area (Å²) >= 11 is 0. The molecule has 9 heteroatoms. The van der Waals surface area contributed by atoms with E-state index in [-0.39, 0.29) is 17.8 Å². The second kappa shape index (κ2) is 9.27. The number of hydrogen-bond donors (Lipinski definition) is 2. The third-order valence-electron chi connectivity index (χ3n) is 6.51. The van der Waals surface area contributed by atoms with Gasteiger partial charge in [-0.2, -0.15) is 4.68 Å². The molecule has 3 N–H and O–H groups in total. The van der Waals surface area contributed by atoms with Gasteiger partial charge in [0.05, 0.1) is 17.9 Å². The van der Waals surface area contributed by atoms with Gasteiger partial charge in [-0.05, 0) is 55.2 Å². The summed E-state index contributed by atoms with van der Waals surface area (Å²) in [6, 6.07) is 21.2. The first-order chi connectivity index (χ1) is 18.1. The molecule has 6 rings (SSSR count). The van der Waals surface area contributed by atoms with E-state index < -0.39 is 0 Å². The smallest absolute Gasteiger partial charge is 0.251 e. The molecule has 1 aliphatic carbocycles. The third-order valence-corrected chi connectivity index (χ3v) is 6.51. The number of pyridine rings is 1. The van der Waals surface area contributed by atoms with Crippen molar-refractivity contribution in [2.45, 2.75) is 25.8 Å². The van der Waals surface area contributed by atoms with Crippen molar-refractivity contribution in [3.05, 3.63) is 102 Å². The number of anilines is 1. The maximum atomic E-state index is 13.1. The summed E-state index contributed by atoms with van der Waals surface area (Å²) in [6.07, 6.45) is 5.15. The van der Waals surface area contributed by atoms with Crippen LogP contribution in [0.5, 0.6) is 0 Å². The monoisotopic (exact) mass is 488 g/mol. The molecule has 3 heterocycles. The summed E-state index contributed by atoms with van der Waals surface area (Å²) < 4.78 is 1.63. The number of amides is 1. The predicted molar refractivity (Wildman–Crippen MR) is 140 cm³/mol. The maximum Gasteiger partial charge on any atom is 0.251 e. The average Bonchev–Trinajstić information content (AvgIpc) is 3.53. The Bertz CT molecular complexity index is 1610. The average molecular weight is 489 g/mol. The number of rotatable bonds is 5. The summed E-state index contributed by atoms with van der Waals surface area (Å²) in [7, 11) is 0. The fourth-order valence-electron chi connectivity index (χ4n) is 4.66. The fraction of sp³-hybridized carbons (Fsp3) is 0.143. The molecule has 0 saturated carbocycles. The van der Waals surface area contributed by atoms with E-state index in [1.807, 2.05) is 55.5 Å². The van der Waals surface area contributed by atoms with Crippen LogP contribution in [0, 0.1) is 6.92 Å². The summed E-state index contributed by atoms with van der Waals surface area (Å²) in [5, 5.41) is 7.74. The minimum atomic E-state index is -0.126. The van der Waals surface area contributed by atoms with Gasteiger partial charge in [0, 0.05) is 17.3 Å². The lowest BCUT2D eigenvalue weighted by molar-refractivity contribution is 0.0936. The molecule has 1 aliphatic rings. The van der Waals surface area contributed by atoms with E-state index in [2.05, 4.69) is 37.5 Å². The van der Waals surface area contributed by atoms with E-state index in [1.165, 1.54) is 11.1 Å². The van der Waals surface area contributed by atoms with Crippen molar-refractivity contribution in [3.8, 4) is 28.6 Å². The minimum absolute atomic E-state index is 0.0128. The Hall–Kier alpha value is -4.92. The zero-order valence-corrected chi connectivity index (χ0v) is 20.2. The molecule has 5 aromatic rings. The summed E-state index contributed by atoms with van der Waals surface area (Å²) in [6.45, 7) is 1.84. The number of carbonyl (C=O) groups is 1. The van der Waals surface area contributed by atoms with Gasteiger partial charge >= 0.3 is 0 Å². The van der Waals surface area contributed by atoms with Crippen LogP contribution in [0.1, 0.15) is 39.8 Å². The number of aromatic nitrogens is 6. The minimum Gasteiger partial charge on any atom is -0.382 e. The van der Waals surface area contributed by atoms with Crippen LogP contribution in [0.3, 0.4) is 0 Å². The SMILES string of the molecule is Cc1nc(-c2nc(-c3cccc(C(=O)N[C@H]4CCc5ccccc54)c3)cnc2N)nn1-c1ccccn1. The topological polar surface area (TPSA) is 125 Å². The van der Waals surface area contributed by atoms with Gasteiger partial charge in [-0.3, -0.25) is 4.79 Å². The summed E-state index contributed by atoms with van der Waals surface area (Å²) in [5.74, 6) is 1.73. The van der Waals surface area contributed by atoms with E-state index >= 15 is 0 Å². The molecule has 1 atom stereocenters. The second-order valence-corrected chi connectivity index (χ2v) is 8.92. The second-order valence-electron chi connectivity index (χ2n) is 8.92. The first kappa shape index (κ1) is 22.5. The van der Waals surface area contributed by atoms with E-state index in [0.717, 1.165) is 18.4 Å². The van der Waals surface area contributed by atoms with Crippen molar-refractivity contribution >= 4 is 11.7 Å². The van der Waals surface area contributed by atoms with Gasteiger partial charge in [0.1, 0.15) is 5.82 Å². The lowest BCUT2D eigenvalue weighted by atomic mass is 10.1. The van der Waals surface area contributed by atoms with Gasteiger partial charge in [0.2, 0.25) is 5.82 Å². The molecule has 9 nitrogen and oxygen atoms in total. The first-order valence-electron chi connectivity index (χ1n) is 12.0. The zero-order chi connectivity index (χ0) is 25.4. The normalized spacial score (nSPS) is 14.4. The van der Waals surface area contributed by atoms with Gasteiger partial charge < -0.3 is 11.1 Å². The molecule has 3 aromatic heterocycles. The molecule has 0 saturated heterocycles. The van der Waals surface area contributed by atoms with Gasteiger partial charge in [0.15, 0.2) is 17.3 Å². The van der Waals surface area contributed by atoms with Crippen molar-refractivity contribution in [3.63, 3.8) is 0 Å². The number of nitrogen functional groups attached to an aromatic ring is 1. The number of carbonyl (C=O) groups excluding carboxylic acids is 1. The highest BCUT2D eigenvalue weighted by Crippen LogP contribution is 2.31. The largest absolute Gasteiger partial charge is 0.382 e. The van der Waals surface area contributed by atoms with E-state index in [0.29, 0.717) is 34.4 Å². The van der Waals surface area contributed by atoms with Gasteiger partial charge in [-0.25, -0.2) is 19.9 Å². The molecule has 2 aromatic carbocycles. The molecule has 37 heavy (non-hydrogen) atoms. The molecule has 182 valence electrons. The van der Waals surface area contributed by atoms with Crippen molar-refractivity contribution in [2.24, 2.45) is 0 Å². The molecule has 0 bridgehead atoms. The van der Waals surface area contributed by atoms with E-state index in [1.54, 1.807) is 23.1 Å². The van der Waals surface area contributed by atoms with Crippen LogP contribution in [0.15, 0.2) is 79.1 Å². The Labute approximate surface area is 213 Å². The van der Waals surface area contributed by atoms with Crippen molar-refractivity contribution < 1.29 is 4.79 Å². The number of nitrogens with one attached hydrogen (secondary N) is 1. The molecule has 0 unspecified atom stereocenters. The third kappa shape index (κ3) is 4.31. The molecule has 0 aliphatic heterocycles. The quantitative estimate of drug-likeness (QED) is 0.382. The number of benzene rings is 2. The number of aryl methyl sites for hydroxylation is 2. The van der Waals surface area contributed by atoms with Gasteiger partial charge in [-0.1, -0.05) is 42.5 Å². The first-order valence-corrected chi connectivity index (χ1v) is 12.0. The highest BCUT2D eigenvalue weighted by Gasteiger charge is 2.24. The van der Waals surface area contributed by atoms with Crippen LogP contribution < -0.4 is 11.1 Å². The van der Waals surface area contributed by atoms with Crippen molar-refractivity contribution in [1.29, 1.82) is 0 Å². The van der Waals surface area contributed by atoms with Crippen LogP contribution in [0.4, 0.5) is 5.82 Å². The van der Waals surface area contributed by atoms with Crippen LogP contribution in [0.2, 0.25) is 0 Å². The number of hydrogen-bond acceptors (Lipinski definition) is 7.